The zero-order valence-electron chi connectivity index (χ0n) is 7.89. The zero-order chi connectivity index (χ0) is 13.4. The Bertz CT molecular complexity index is 421. The van der Waals surface area contributed by atoms with Crippen molar-refractivity contribution < 1.29 is 26.3 Å². The van der Waals surface area contributed by atoms with Crippen molar-refractivity contribution in [1.29, 1.82) is 0 Å². The van der Waals surface area contributed by atoms with E-state index in [1.165, 1.54) is 0 Å². The van der Waals surface area contributed by atoms with Crippen molar-refractivity contribution in [2.75, 3.05) is 0 Å². The van der Waals surface area contributed by atoms with E-state index < -0.39 is 29.0 Å². The van der Waals surface area contributed by atoms with Gasteiger partial charge in [0.2, 0.25) is 0 Å². The van der Waals surface area contributed by atoms with Crippen LogP contribution >= 0.6 is 31.9 Å². The molecule has 0 amide bonds. The number of alkyl halides is 7. The van der Waals surface area contributed by atoms with Crippen LogP contribution in [0.2, 0.25) is 0 Å². The number of hydrogen-bond donors (Lipinski definition) is 0. The van der Waals surface area contributed by atoms with Gasteiger partial charge in [0.15, 0.2) is 0 Å². The number of benzene rings is 1. The lowest BCUT2D eigenvalue weighted by atomic mass is 10.0. The molecule has 0 aromatic heterocycles. The monoisotopic (exact) mass is 384 g/mol. The van der Waals surface area contributed by atoms with Crippen molar-refractivity contribution in [3.05, 3.63) is 33.3 Å². The van der Waals surface area contributed by atoms with Gasteiger partial charge >= 0.3 is 12.4 Å². The lowest BCUT2D eigenvalue weighted by Crippen LogP contribution is -2.18. The van der Waals surface area contributed by atoms with Crippen molar-refractivity contribution in [3.8, 4) is 0 Å². The fraction of sp³-hybridized carbons (Fsp3) is 0.333. The fourth-order valence-electron chi connectivity index (χ4n) is 1.33. The minimum atomic E-state index is -5.05. The first-order valence-corrected chi connectivity index (χ1v) is 6.01. The molecule has 96 valence electrons. The molecule has 0 N–H and O–H groups in total. The number of halogens is 8. The van der Waals surface area contributed by atoms with Gasteiger partial charge in [-0.15, -0.1) is 0 Å². The van der Waals surface area contributed by atoms with Crippen LogP contribution < -0.4 is 0 Å². The smallest absolute Gasteiger partial charge is 0.166 e. The summed E-state index contributed by atoms with van der Waals surface area (Å²) in [5.74, 6) is 0. The summed E-state index contributed by atoms with van der Waals surface area (Å²) >= 11 is 5.51. The third-order valence-corrected chi connectivity index (χ3v) is 2.98. The quantitative estimate of drug-likeness (QED) is 0.449. The van der Waals surface area contributed by atoms with Crippen LogP contribution in [0.1, 0.15) is 16.7 Å². The van der Waals surface area contributed by atoms with E-state index in [9.17, 15) is 26.3 Å². The Morgan fingerprint density at radius 2 is 1.47 bits per heavy atom. The predicted molar refractivity (Wildman–Crippen MR) is 56.8 cm³/mol. The van der Waals surface area contributed by atoms with Gasteiger partial charge in [-0.25, -0.2) is 0 Å². The van der Waals surface area contributed by atoms with E-state index >= 15 is 0 Å². The molecule has 0 unspecified atom stereocenters. The molecule has 0 bridgehead atoms. The molecular weight excluding hydrogens is 382 g/mol. The lowest BCUT2D eigenvalue weighted by molar-refractivity contribution is -0.162. The fourth-order valence-corrected chi connectivity index (χ4v) is 2.27. The summed E-state index contributed by atoms with van der Waals surface area (Å²) in [6.45, 7) is 0. The van der Waals surface area contributed by atoms with Gasteiger partial charge in [-0.1, -0.05) is 31.9 Å². The minimum absolute atomic E-state index is 0.0488. The maximum atomic E-state index is 12.6. The molecule has 17 heavy (non-hydrogen) atoms. The summed E-state index contributed by atoms with van der Waals surface area (Å²) in [5, 5.41) is -0.315. The number of hydrogen-bond acceptors (Lipinski definition) is 0. The van der Waals surface area contributed by atoms with E-state index in [4.69, 9.17) is 0 Å². The number of rotatable bonds is 1. The Morgan fingerprint density at radius 3 is 1.82 bits per heavy atom. The molecule has 1 rings (SSSR count). The largest absolute Gasteiger partial charge is 0.417 e. The van der Waals surface area contributed by atoms with E-state index in [0.717, 1.165) is 6.07 Å². The molecule has 0 aliphatic rings. The van der Waals surface area contributed by atoms with Gasteiger partial charge in [-0.2, -0.15) is 26.3 Å². The van der Waals surface area contributed by atoms with E-state index in [2.05, 4.69) is 31.9 Å². The van der Waals surface area contributed by atoms with Crippen molar-refractivity contribution in [1.82, 2.24) is 0 Å². The van der Waals surface area contributed by atoms with Crippen molar-refractivity contribution >= 4 is 31.9 Å². The molecule has 0 aliphatic carbocycles. The van der Waals surface area contributed by atoms with Gasteiger partial charge in [-0.3, -0.25) is 0 Å². The Labute approximate surface area is 109 Å². The molecule has 8 heteroatoms. The van der Waals surface area contributed by atoms with Gasteiger partial charge in [-0.05, 0) is 17.7 Å². The third-order valence-electron chi connectivity index (χ3n) is 1.92. The molecule has 0 spiro atoms. The normalized spacial score (nSPS) is 12.9. The molecule has 1 aromatic rings. The second-order valence-corrected chi connectivity index (χ2v) is 4.59. The molecule has 0 atom stereocenters. The Kier molecular flexibility index (Phi) is 4.18. The van der Waals surface area contributed by atoms with Gasteiger partial charge in [0.1, 0.15) is 0 Å². The maximum absolute atomic E-state index is 12.6. The first-order chi connectivity index (χ1) is 7.57. The van der Waals surface area contributed by atoms with E-state index in [-0.39, 0.29) is 9.80 Å². The van der Waals surface area contributed by atoms with Crippen LogP contribution in [-0.2, 0) is 17.7 Å². The molecule has 0 nitrogen and oxygen atoms in total. The first-order valence-electron chi connectivity index (χ1n) is 4.10. The molecule has 1 aromatic carbocycles. The third kappa shape index (κ3) is 3.37. The van der Waals surface area contributed by atoms with E-state index in [1.54, 1.807) is 0 Å². The minimum Gasteiger partial charge on any atom is -0.166 e. The average Bonchev–Trinajstić information content (AvgIpc) is 2.12. The molecular formula is C9H4Br2F6. The van der Waals surface area contributed by atoms with E-state index in [1.807, 2.05) is 0 Å². The lowest BCUT2D eigenvalue weighted by Gasteiger charge is -2.18. The summed E-state index contributed by atoms with van der Waals surface area (Å²) in [6, 6.07) is 1.43. The molecule has 0 fully saturated rings. The van der Waals surface area contributed by atoms with Gasteiger partial charge in [0.05, 0.1) is 11.1 Å². The maximum Gasteiger partial charge on any atom is 0.417 e. The van der Waals surface area contributed by atoms with Crippen LogP contribution in [0.5, 0.6) is 0 Å². The molecule has 0 heterocycles. The standard InChI is InChI=1S/C9H4Br2F6/c10-3-4-1-5(11)2-6(8(12,13)14)7(4)9(15,16)17/h1-2H,3H2. The van der Waals surface area contributed by atoms with Crippen LogP contribution in [0, 0.1) is 0 Å². The highest BCUT2D eigenvalue weighted by Crippen LogP contribution is 2.43. The van der Waals surface area contributed by atoms with Crippen LogP contribution in [0.15, 0.2) is 16.6 Å². The van der Waals surface area contributed by atoms with Crippen LogP contribution in [0.3, 0.4) is 0 Å². The summed E-state index contributed by atoms with van der Waals surface area (Å²) in [4.78, 5) is 0. The average molecular weight is 386 g/mol. The van der Waals surface area contributed by atoms with Crippen LogP contribution in [-0.4, -0.2) is 0 Å². The summed E-state index contributed by atoms with van der Waals surface area (Å²) < 4.78 is 75.4. The SMILES string of the molecule is FC(F)(F)c1cc(Br)cc(CBr)c1C(F)(F)F. The van der Waals surface area contributed by atoms with Gasteiger partial charge < -0.3 is 0 Å². The van der Waals surface area contributed by atoms with Crippen molar-refractivity contribution in [2.45, 2.75) is 17.7 Å². The van der Waals surface area contributed by atoms with Crippen LogP contribution in [0.25, 0.3) is 0 Å². The first kappa shape index (κ1) is 14.8. The Hall–Kier alpha value is -0.240. The second kappa shape index (κ2) is 4.79. The van der Waals surface area contributed by atoms with E-state index in [0.29, 0.717) is 6.07 Å². The molecule has 0 saturated heterocycles. The summed E-state index contributed by atoms with van der Waals surface area (Å²) in [6.07, 6.45) is -10.1. The van der Waals surface area contributed by atoms with Crippen LogP contribution in [0.4, 0.5) is 26.3 Å². The topological polar surface area (TPSA) is 0 Å². The Morgan fingerprint density at radius 1 is 0.941 bits per heavy atom. The highest BCUT2D eigenvalue weighted by molar-refractivity contribution is 9.10. The highest BCUT2D eigenvalue weighted by Gasteiger charge is 2.44. The van der Waals surface area contributed by atoms with Crippen molar-refractivity contribution in [3.63, 3.8) is 0 Å². The van der Waals surface area contributed by atoms with Crippen molar-refractivity contribution in [2.24, 2.45) is 0 Å². The zero-order valence-corrected chi connectivity index (χ0v) is 11.1. The molecule has 0 saturated carbocycles. The highest BCUT2D eigenvalue weighted by atomic mass is 79.9. The predicted octanol–water partition coefficient (Wildman–Crippen LogP) is 5.38. The Balaban J connectivity index is 3.63. The molecule has 0 aliphatic heterocycles. The molecule has 0 radical (unpaired) electrons. The summed E-state index contributed by atoms with van der Waals surface area (Å²) in [5.41, 5.74) is -3.79. The van der Waals surface area contributed by atoms with Gasteiger partial charge in [0, 0.05) is 9.80 Å². The second-order valence-electron chi connectivity index (χ2n) is 3.12. The summed E-state index contributed by atoms with van der Waals surface area (Å²) in [7, 11) is 0. The van der Waals surface area contributed by atoms with Gasteiger partial charge in [0.25, 0.3) is 0 Å².